The molecule has 0 amide bonds. The Balaban J connectivity index is 5.26. The van der Waals surface area contributed by atoms with Gasteiger partial charge in [-0.15, -0.1) is 0 Å². The minimum Gasteiger partial charge on any atom is -0.481 e. The Morgan fingerprint density at radius 1 is 0.398 bits per heavy atom. The van der Waals surface area contributed by atoms with E-state index in [1.165, 1.54) is 0 Å². The normalized spacial score (nSPS) is 14.3. The van der Waals surface area contributed by atoms with Crippen LogP contribution in [-0.2, 0) is 52.6 Å². The summed E-state index contributed by atoms with van der Waals surface area (Å²) in [6, 6.07) is 0. The highest BCUT2D eigenvalue weighted by Crippen LogP contribution is 2.28. The number of carbonyl (C=O) groups is 8. The number of carboxylic acid groups (broad SMARTS) is 6. The van der Waals surface area contributed by atoms with Crippen molar-refractivity contribution in [1.82, 2.24) is 0 Å². The van der Waals surface area contributed by atoms with Crippen molar-refractivity contribution in [3.8, 4) is 0 Å². The van der Waals surface area contributed by atoms with Crippen LogP contribution in [0.2, 0.25) is 0 Å². The highest BCUT2D eigenvalue weighted by Gasteiger charge is 2.30. The van der Waals surface area contributed by atoms with Crippen molar-refractivity contribution in [2.24, 2.45) is 35.5 Å². The second-order valence-electron chi connectivity index (χ2n) is 23.4. The average Bonchev–Trinajstić information content (AvgIpc) is 3.59. The number of aliphatic carboxylic acids is 6. The predicted octanol–water partition coefficient (Wildman–Crippen LogP) is 16.6. The van der Waals surface area contributed by atoms with Gasteiger partial charge >= 0.3 is 47.8 Å². The summed E-state index contributed by atoms with van der Waals surface area (Å²) in [7, 11) is 0. The number of hydrogen-bond acceptors (Lipinski definition) is 11. The first-order valence-electron chi connectivity index (χ1n) is 33.3. The first-order valence-corrected chi connectivity index (χ1v) is 33.3. The standard InChI is InChI=1S/C71H112O17/c1-4-7-9-10-27-36-45-59(63(71(85)86)53-66(77)78)46-38-30-24-25-32-40-48-68(80)88-60(55-87-67(79)47-39-31-23-19-15-18-22-29-37-44-58(43-33-8-5-2)62(70(83)84)52-65(75)76)50-49-56(54-72)41-34-26-20-16-13-11-12-14-17-21-28-35-42-57(6-3)61(69(81)82)51-64(73)74/h12,14,21-22,28-29,35,37-38,42,44,46,57-63H,4-11,13,15-20,23-27,30-34,36,39-41,43,45,47-53,55H2,1-3H3,(H,73,74)(H,75,76)(H,77,78)(H,81,82)(H,83,84)(H,85,86)/b14-12-,28-21-,29-22-,42-35+,44-37+,46-38+. The minimum absolute atomic E-state index is 0.124. The second-order valence-corrected chi connectivity index (χ2v) is 23.4. The Kier molecular flexibility index (Phi) is 51.9. The lowest BCUT2D eigenvalue weighted by Crippen LogP contribution is -2.25. The zero-order chi connectivity index (χ0) is 65.4. The van der Waals surface area contributed by atoms with Gasteiger partial charge in [0.1, 0.15) is 18.7 Å². The molecule has 88 heavy (non-hydrogen) atoms. The van der Waals surface area contributed by atoms with Crippen LogP contribution >= 0.6 is 0 Å². The van der Waals surface area contributed by atoms with Crippen molar-refractivity contribution in [2.75, 3.05) is 6.61 Å². The smallest absolute Gasteiger partial charge is 0.307 e. The largest absolute Gasteiger partial charge is 0.481 e. The van der Waals surface area contributed by atoms with Crippen molar-refractivity contribution < 1.29 is 83.3 Å². The van der Waals surface area contributed by atoms with Crippen LogP contribution in [0.5, 0.6) is 0 Å². The summed E-state index contributed by atoms with van der Waals surface area (Å²) >= 11 is 0. The average molecular weight is 1240 g/mol. The fourth-order valence-corrected chi connectivity index (χ4v) is 10.7. The summed E-state index contributed by atoms with van der Waals surface area (Å²) in [4.78, 5) is 107. The Hall–Kier alpha value is -6.35. The van der Waals surface area contributed by atoms with E-state index in [0.717, 1.165) is 148 Å². The molecule has 0 aromatic heterocycles. The molecule has 17 nitrogen and oxygen atoms in total. The lowest BCUT2D eigenvalue weighted by molar-refractivity contribution is -0.159. The maximum atomic E-state index is 13.2. The van der Waals surface area contributed by atoms with Crippen LogP contribution in [0.3, 0.4) is 0 Å². The zero-order valence-corrected chi connectivity index (χ0v) is 53.7. The minimum atomic E-state index is -1.13. The number of allylic oxidation sites excluding steroid dienone is 13. The second kappa shape index (κ2) is 55.9. The topological polar surface area (TPSA) is 293 Å². The van der Waals surface area contributed by atoms with Gasteiger partial charge in [0.2, 0.25) is 0 Å². The number of ether oxygens (including phenoxy) is 2. The molecule has 17 heteroatoms. The summed E-state index contributed by atoms with van der Waals surface area (Å²) in [5.41, 5.74) is 0.591. The number of rotatable bonds is 60. The molecule has 0 aromatic rings. The Bertz CT molecular complexity index is 2180. The van der Waals surface area contributed by atoms with Gasteiger partial charge < -0.3 is 40.1 Å². The number of hydrogen-bond donors (Lipinski definition) is 6. The van der Waals surface area contributed by atoms with Crippen LogP contribution in [0.25, 0.3) is 0 Å². The first kappa shape index (κ1) is 81.7. The van der Waals surface area contributed by atoms with Crippen LogP contribution in [0, 0.1) is 35.5 Å². The molecule has 7 unspecified atom stereocenters. The Labute approximate surface area is 526 Å². The third-order valence-corrected chi connectivity index (χ3v) is 16.0. The molecule has 0 aliphatic carbocycles. The first-order chi connectivity index (χ1) is 42.4. The molecular weight excluding hydrogens is 1120 g/mol. The molecule has 7 atom stereocenters. The summed E-state index contributed by atoms with van der Waals surface area (Å²) in [5, 5.41) is 56.7. The molecule has 6 N–H and O–H groups in total. The van der Waals surface area contributed by atoms with E-state index in [-0.39, 0.29) is 37.2 Å². The van der Waals surface area contributed by atoms with E-state index in [2.05, 4.69) is 31.9 Å². The lowest BCUT2D eigenvalue weighted by atomic mass is 9.84. The lowest BCUT2D eigenvalue weighted by Gasteiger charge is -2.20. The molecule has 0 heterocycles. The molecule has 0 rings (SSSR count). The van der Waals surface area contributed by atoms with E-state index < -0.39 is 90.9 Å². The van der Waals surface area contributed by atoms with Crippen LogP contribution in [-0.4, -0.2) is 97.0 Å². The van der Waals surface area contributed by atoms with Gasteiger partial charge in [-0.3, -0.25) is 38.4 Å². The number of esters is 2. The quantitative estimate of drug-likeness (QED) is 0.0108. The molecule has 0 fully saturated rings. The summed E-state index contributed by atoms with van der Waals surface area (Å²) in [6.45, 7) is 5.92. The van der Waals surface area contributed by atoms with Crippen molar-refractivity contribution in [2.45, 2.75) is 271 Å². The van der Waals surface area contributed by atoms with E-state index >= 15 is 0 Å². The SMILES string of the molecule is CCCCCCCCC(/C=C/CCCCCCC(=O)OC(CCC(=C=O)CCCCCCC/C=C\C/C=C\C=C\C(CC)C(CC(=O)O)C(=O)O)COC(=O)CCCCCCC/C=C\C=C\C(CCCCC)C(CC(=O)O)C(=O)O)C(CC(=O)O)C(=O)O. The van der Waals surface area contributed by atoms with Crippen molar-refractivity contribution in [3.05, 3.63) is 78.5 Å². The van der Waals surface area contributed by atoms with Gasteiger partial charge in [-0.05, 0) is 120 Å². The molecule has 498 valence electrons. The third kappa shape index (κ3) is 46.8. The van der Waals surface area contributed by atoms with Gasteiger partial charge in [0.25, 0.3) is 0 Å². The molecule has 0 aliphatic heterocycles. The molecule has 0 saturated heterocycles. The van der Waals surface area contributed by atoms with E-state index in [1.807, 2.05) is 55.5 Å². The van der Waals surface area contributed by atoms with Gasteiger partial charge in [-0.2, -0.15) is 0 Å². The molecular formula is C71H112O17. The monoisotopic (exact) mass is 1240 g/mol. The summed E-state index contributed by atoms with van der Waals surface area (Å²) in [5.74, 6) is -9.43. The Morgan fingerprint density at radius 3 is 1.34 bits per heavy atom. The van der Waals surface area contributed by atoms with Gasteiger partial charge in [0.05, 0.1) is 37.0 Å². The fourth-order valence-electron chi connectivity index (χ4n) is 10.7. The maximum Gasteiger partial charge on any atom is 0.307 e. The van der Waals surface area contributed by atoms with Crippen LogP contribution in [0.15, 0.2) is 78.5 Å². The van der Waals surface area contributed by atoms with E-state index in [9.17, 15) is 68.7 Å². The molecule has 0 bridgehead atoms. The fraction of sp³-hybridized carbons (Fsp3) is 0.690. The highest BCUT2D eigenvalue weighted by molar-refractivity contribution is 5.79. The number of carboxylic acids is 6. The molecule has 0 saturated carbocycles. The van der Waals surface area contributed by atoms with E-state index in [4.69, 9.17) is 14.6 Å². The van der Waals surface area contributed by atoms with E-state index in [1.54, 1.807) is 12.2 Å². The number of unbranched alkanes of at least 4 members (excludes halogenated alkanes) is 21. The summed E-state index contributed by atoms with van der Waals surface area (Å²) < 4.78 is 11.5. The zero-order valence-electron chi connectivity index (χ0n) is 53.7. The third-order valence-electron chi connectivity index (χ3n) is 16.0. The van der Waals surface area contributed by atoms with Crippen LogP contribution in [0.4, 0.5) is 0 Å². The Morgan fingerprint density at radius 2 is 0.818 bits per heavy atom. The van der Waals surface area contributed by atoms with E-state index in [0.29, 0.717) is 69.8 Å². The number of carbonyl (C=O) groups excluding carboxylic acids is 3. The van der Waals surface area contributed by atoms with Crippen molar-refractivity contribution >= 4 is 53.7 Å². The van der Waals surface area contributed by atoms with Gasteiger partial charge in [0, 0.05) is 18.4 Å². The van der Waals surface area contributed by atoms with Crippen LogP contribution < -0.4 is 0 Å². The van der Waals surface area contributed by atoms with Crippen molar-refractivity contribution in [1.29, 1.82) is 0 Å². The van der Waals surface area contributed by atoms with Crippen LogP contribution in [0.1, 0.15) is 265 Å². The molecule has 0 radical (unpaired) electrons. The molecule has 0 spiro atoms. The van der Waals surface area contributed by atoms with Gasteiger partial charge in [0.15, 0.2) is 0 Å². The van der Waals surface area contributed by atoms with Gasteiger partial charge in [-0.1, -0.05) is 203 Å². The molecule has 0 aliphatic rings. The highest BCUT2D eigenvalue weighted by atomic mass is 16.6. The predicted molar refractivity (Wildman–Crippen MR) is 344 cm³/mol. The van der Waals surface area contributed by atoms with Crippen molar-refractivity contribution in [3.63, 3.8) is 0 Å². The summed E-state index contributed by atoms with van der Waals surface area (Å²) in [6.07, 6.45) is 48.6. The van der Waals surface area contributed by atoms with Gasteiger partial charge in [-0.25, -0.2) is 4.79 Å². The molecule has 0 aromatic carbocycles. The maximum absolute atomic E-state index is 13.2.